The van der Waals surface area contributed by atoms with E-state index >= 15 is 0 Å². The summed E-state index contributed by atoms with van der Waals surface area (Å²) in [5.74, 6) is 0.789. The zero-order valence-corrected chi connectivity index (χ0v) is 14.8. The molecule has 2 N–H and O–H groups in total. The van der Waals surface area contributed by atoms with Gasteiger partial charge >= 0.3 is 6.03 Å². The second-order valence-electron chi connectivity index (χ2n) is 4.94. The van der Waals surface area contributed by atoms with Crippen LogP contribution in [-0.2, 0) is 10.8 Å². The van der Waals surface area contributed by atoms with Crippen LogP contribution in [0.5, 0.6) is 0 Å². The number of anilines is 1. The van der Waals surface area contributed by atoms with Crippen LogP contribution in [0.1, 0.15) is 5.56 Å². The van der Waals surface area contributed by atoms with Gasteiger partial charge < -0.3 is 10.6 Å². The molecule has 6 heteroatoms. The number of carbonyl (C=O) groups is 1. The van der Waals surface area contributed by atoms with E-state index in [1.165, 1.54) is 4.90 Å². The molecule has 2 amide bonds. The summed E-state index contributed by atoms with van der Waals surface area (Å²) in [4.78, 5) is 13.8. The summed E-state index contributed by atoms with van der Waals surface area (Å²) in [5.41, 5.74) is 1.52. The van der Waals surface area contributed by atoms with Crippen LogP contribution in [-0.4, -0.2) is 28.8 Å². The minimum Gasteiger partial charge on any atom is -0.337 e. The predicted molar refractivity (Wildman–Crippen MR) is 97.7 cm³/mol. The van der Waals surface area contributed by atoms with Gasteiger partial charge in [-0.1, -0.05) is 30.3 Å². The molecule has 1 atom stereocenters. The van der Waals surface area contributed by atoms with Gasteiger partial charge in [-0.2, -0.15) is 0 Å². The lowest BCUT2D eigenvalue weighted by Gasteiger charge is -2.13. The van der Waals surface area contributed by atoms with Crippen molar-refractivity contribution in [3.63, 3.8) is 0 Å². The third kappa shape index (κ3) is 5.41. The third-order valence-electron chi connectivity index (χ3n) is 3.18. The molecule has 4 nitrogen and oxygen atoms in total. The van der Waals surface area contributed by atoms with E-state index in [9.17, 15) is 9.00 Å². The normalized spacial score (nSPS) is 11.7. The average Bonchev–Trinajstić information content (AvgIpc) is 2.54. The lowest BCUT2D eigenvalue weighted by molar-refractivity contribution is 0.252. The number of nitrogens with one attached hydrogen (secondary N) is 2. The summed E-state index contributed by atoms with van der Waals surface area (Å²) in [7, 11) is -1.15. The van der Waals surface area contributed by atoms with E-state index in [0.717, 1.165) is 11.3 Å². The molecule has 122 valence electrons. The van der Waals surface area contributed by atoms with E-state index < -0.39 is 10.8 Å². The number of thioether (sulfide) groups is 1. The molecule has 0 saturated heterocycles. The van der Waals surface area contributed by atoms with Crippen molar-refractivity contribution in [1.29, 1.82) is 0 Å². The van der Waals surface area contributed by atoms with Gasteiger partial charge in [-0.25, -0.2) is 4.79 Å². The van der Waals surface area contributed by atoms with Crippen LogP contribution in [0.15, 0.2) is 58.3 Å². The van der Waals surface area contributed by atoms with Gasteiger partial charge in [-0.15, -0.1) is 11.8 Å². The standard InChI is InChI=1S/C17H20N2O2S2/c1-13-7-6-10-15(23(2)21)16(13)19-17(20)18-11-12-22-14-8-4-3-5-9-14/h3-10H,11-12H2,1-2H3,(H2,18,19,20)/t23-/m1/s1. The first-order valence-electron chi connectivity index (χ1n) is 7.23. The summed E-state index contributed by atoms with van der Waals surface area (Å²) in [5, 5.41) is 5.63. The summed E-state index contributed by atoms with van der Waals surface area (Å²) in [6.07, 6.45) is 1.61. The lowest BCUT2D eigenvalue weighted by Crippen LogP contribution is -2.31. The molecule has 0 aliphatic rings. The highest BCUT2D eigenvalue weighted by Crippen LogP contribution is 2.23. The molecule has 2 rings (SSSR count). The van der Waals surface area contributed by atoms with Crippen molar-refractivity contribution in [2.24, 2.45) is 0 Å². The molecule has 0 radical (unpaired) electrons. The molecule has 0 bridgehead atoms. The van der Waals surface area contributed by atoms with Gasteiger partial charge in [0.25, 0.3) is 0 Å². The Labute approximate surface area is 143 Å². The first-order valence-corrected chi connectivity index (χ1v) is 9.78. The fraction of sp³-hybridized carbons (Fsp3) is 0.235. The van der Waals surface area contributed by atoms with Crippen molar-refractivity contribution in [3.8, 4) is 0 Å². The molecular formula is C17H20N2O2S2. The second kappa shape index (κ2) is 8.74. The van der Waals surface area contributed by atoms with Gasteiger partial charge in [0.15, 0.2) is 0 Å². The molecule has 2 aromatic carbocycles. The maximum absolute atomic E-state index is 12.0. The van der Waals surface area contributed by atoms with E-state index in [1.54, 1.807) is 24.1 Å². The van der Waals surface area contributed by atoms with E-state index in [1.807, 2.05) is 49.4 Å². The van der Waals surface area contributed by atoms with E-state index in [0.29, 0.717) is 17.1 Å². The number of para-hydroxylation sites is 1. The average molecular weight is 348 g/mol. The number of amides is 2. The Morgan fingerprint density at radius 2 is 1.87 bits per heavy atom. The summed E-state index contributed by atoms with van der Waals surface area (Å²) < 4.78 is 11.8. The van der Waals surface area contributed by atoms with E-state index in [4.69, 9.17) is 0 Å². The van der Waals surface area contributed by atoms with Gasteiger partial charge in [0.05, 0.1) is 21.4 Å². The van der Waals surface area contributed by atoms with Crippen molar-refractivity contribution in [2.75, 3.05) is 23.9 Å². The molecule has 0 heterocycles. The Kier molecular flexibility index (Phi) is 6.67. The SMILES string of the molecule is Cc1cccc([S@@](C)=O)c1NC(=O)NCCSc1ccccc1. The van der Waals surface area contributed by atoms with Crippen LogP contribution >= 0.6 is 11.8 Å². The molecule has 0 spiro atoms. The highest BCUT2D eigenvalue weighted by atomic mass is 32.2. The minimum absolute atomic E-state index is 0.278. The Morgan fingerprint density at radius 1 is 1.13 bits per heavy atom. The Bertz CT molecular complexity index is 690. The zero-order chi connectivity index (χ0) is 16.7. The van der Waals surface area contributed by atoms with E-state index in [2.05, 4.69) is 10.6 Å². The minimum atomic E-state index is -1.15. The Morgan fingerprint density at radius 3 is 2.57 bits per heavy atom. The number of hydrogen-bond donors (Lipinski definition) is 2. The van der Waals surface area contributed by atoms with Gasteiger partial charge in [0.1, 0.15) is 0 Å². The topological polar surface area (TPSA) is 58.2 Å². The number of benzene rings is 2. The van der Waals surface area contributed by atoms with Crippen molar-refractivity contribution in [2.45, 2.75) is 16.7 Å². The highest BCUT2D eigenvalue weighted by molar-refractivity contribution is 7.99. The Hall–Kier alpha value is -1.79. The number of urea groups is 1. The molecule has 0 fully saturated rings. The van der Waals surface area contributed by atoms with Crippen LogP contribution in [0.25, 0.3) is 0 Å². The lowest BCUT2D eigenvalue weighted by atomic mass is 10.2. The summed E-state index contributed by atoms with van der Waals surface area (Å²) >= 11 is 1.69. The zero-order valence-electron chi connectivity index (χ0n) is 13.2. The first-order chi connectivity index (χ1) is 11.1. The van der Waals surface area contributed by atoms with Gasteiger partial charge in [-0.05, 0) is 30.7 Å². The van der Waals surface area contributed by atoms with Crippen molar-refractivity contribution in [1.82, 2.24) is 5.32 Å². The van der Waals surface area contributed by atoms with Crippen molar-refractivity contribution in [3.05, 3.63) is 54.1 Å². The molecule has 0 aromatic heterocycles. The van der Waals surface area contributed by atoms with Crippen molar-refractivity contribution >= 4 is 34.3 Å². The molecule has 0 saturated carbocycles. The fourth-order valence-electron chi connectivity index (χ4n) is 2.05. The smallest absolute Gasteiger partial charge is 0.319 e. The highest BCUT2D eigenvalue weighted by Gasteiger charge is 2.11. The second-order valence-corrected chi connectivity index (χ2v) is 7.46. The van der Waals surface area contributed by atoms with Crippen LogP contribution in [0.4, 0.5) is 10.5 Å². The first kappa shape index (κ1) is 17.6. The maximum Gasteiger partial charge on any atom is 0.319 e. The summed E-state index contributed by atoms with van der Waals surface area (Å²) in [6, 6.07) is 15.3. The number of carbonyl (C=O) groups excluding carboxylic acids is 1. The van der Waals surface area contributed by atoms with Gasteiger partial charge in [0.2, 0.25) is 0 Å². The molecule has 0 aliphatic heterocycles. The quantitative estimate of drug-likeness (QED) is 0.619. The van der Waals surface area contributed by atoms with Crippen LogP contribution in [0, 0.1) is 6.92 Å². The number of aryl methyl sites for hydroxylation is 1. The monoisotopic (exact) mass is 348 g/mol. The van der Waals surface area contributed by atoms with Crippen molar-refractivity contribution < 1.29 is 9.00 Å². The summed E-state index contributed by atoms with van der Waals surface area (Å²) in [6.45, 7) is 2.44. The van der Waals surface area contributed by atoms with Crippen LogP contribution in [0.2, 0.25) is 0 Å². The Balaban J connectivity index is 1.85. The molecular weight excluding hydrogens is 328 g/mol. The molecule has 0 unspecified atom stereocenters. The van der Waals surface area contributed by atoms with Crippen LogP contribution < -0.4 is 10.6 Å². The van der Waals surface area contributed by atoms with Crippen LogP contribution in [0.3, 0.4) is 0 Å². The fourth-order valence-corrected chi connectivity index (χ4v) is 3.61. The molecule has 2 aromatic rings. The number of hydrogen-bond acceptors (Lipinski definition) is 3. The predicted octanol–water partition coefficient (Wildman–Crippen LogP) is 3.65. The number of rotatable bonds is 6. The largest absolute Gasteiger partial charge is 0.337 e. The van der Waals surface area contributed by atoms with Gasteiger partial charge in [0, 0.05) is 23.4 Å². The molecule has 0 aliphatic carbocycles. The third-order valence-corrected chi connectivity index (χ3v) is 5.16. The van der Waals surface area contributed by atoms with Gasteiger partial charge in [-0.3, -0.25) is 4.21 Å². The molecule has 23 heavy (non-hydrogen) atoms. The van der Waals surface area contributed by atoms with E-state index in [-0.39, 0.29) is 6.03 Å². The maximum atomic E-state index is 12.0.